The lowest BCUT2D eigenvalue weighted by Crippen LogP contribution is -2.00. The normalized spacial score (nSPS) is 32.2. The molecule has 0 aromatic heterocycles. The molecule has 0 spiro atoms. The van der Waals surface area contributed by atoms with E-state index < -0.39 is 0 Å². The van der Waals surface area contributed by atoms with Crippen LogP contribution in [0.5, 0.6) is 0 Å². The molecule has 1 atom stereocenters. The van der Waals surface area contributed by atoms with Crippen molar-refractivity contribution in [3.05, 3.63) is 0 Å². The molecule has 1 aliphatic rings. The van der Waals surface area contributed by atoms with Gasteiger partial charge < -0.3 is 0 Å². The van der Waals surface area contributed by atoms with Crippen LogP contribution in [0.4, 0.5) is 0 Å². The summed E-state index contributed by atoms with van der Waals surface area (Å²) in [7, 11) is 0. The van der Waals surface area contributed by atoms with Crippen LogP contribution < -0.4 is 0 Å². The number of rotatable bonds is 0. The van der Waals surface area contributed by atoms with Gasteiger partial charge >= 0.3 is 0 Å². The number of hydrogen-bond donors (Lipinski definition) is 1. The van der Waals surface area contributed by atoms with E-state index in [2.05, 4.69) is 24.1 Å². The molecule has 1 aliphatic carbocycles. The highest BCUT2D eigenvalue weighted by Gasteiger charge is 2.11. The zero-order valence-corrected chi connectivity index (χ0v) is 7.40. The zero-order chi connectivity index (χ0) is 7.40. The molecule has 1 saturated carbocycles. The first-order chi connectivity index (χ1) is 4.83. The Morgan fingerprint density at radius 2 is 2.30 bits per heavy atom. The minimum absolute atomic E-state index is 0.827. The van der Waals surface area contributed by atoms with Crippen LogP contribution in [0.25, 0.3) is 0 Å². The topological polar surface area (TPSA) is 12.4 Å². The van der Waals surface area contributed by atoms with Gasteiger partial charge in [-0.2, -0.15) is 0 Å². The first-order valence-electron chi connectivity index (χ1n) is 4.02. The highest BCUT2D eigenvalue weighted by Crippen LogP contribution is 2.20. The van der Waals surface area contributed by atoms with E-state index in [1.807, 2.05) is 0 Å². The van der Waals surface area contributed by atoms with Crippen LogP contribution in [-0.4, -0.2) is 5.71 Å². The Labute approximate surface area is 68.5 Å². The standard InChI is InChI=1S/C8H15NS/c1-7-4-2-3-5-8(6-7)9-10/h7,10H,2-6H2,1H3/b9-8-. The molecule has 0 amide bonds. The van der Waals surface area contributed by atoms with Crippen molar-refractivity contribution in [2.45, 2.75) is 39.0 Å². The first kappa shape index (κ1) is 8.12. The minimum Gasteiger partial charge on any atom is -0.229 e. The number of nitrogens with zero attached hydrogens (tertiary/aromatic N) is 1. The van der Waals surface area contributed by atoms with Gasteiger partial charge in [0.15, 0.2) is 0 Å². The van der Waals surface area contributed by atoms with Gasteiger partial charge in [0.2, 0.25) is 0 Å². The molecular weight excluding hydrogens is 142 g/mol. The largest absolute Gasteiger partial charge is 0.229 e. The van der Waals surface area contributed by atoms with Crippen LogP contribution in [0.3, 0.4) is 0 Å². The molecule has 1 nitrogen and oxygen atoms in total. The van der Waals surface area contributed by atoms with E-state index in [4.69, 9.17) is 0 Å². The minimum atomic E-state index is 0.827. The summed E-state index contributed by atoms with van der Waals surface area (Å²) < 4.78 is 3.97. The molecule has 0 heterocycles. The maximum atomic E-state index is 3.97. The smallest absolute Gasteiger partial charge is 0.0262 e. The van der Waals surface area contributed by atoms with Crippen LogP contribution in [0.1, 0.15) is 39.0 Å². The van der Waals surface area contributed by atoms with Crippen molar-refractivity contribution in [2.24, 2.45) is 10.3 Å². The van der Waals surface area contributed by atoms with E-state index in [1.165, 1.54) is 37.8 Å². The summed E-state index contributed by atoms with van der Waals surface area (Å²) >= 11 is 3.94. The highest BCUT2D eigenvalue weighted by molar-refractivity contribution is 7.79. The molecule has 0 bridgehead atoms. The van der Waals surface area contributed by atoms with Gasteiger partial charge in [0.1, 0.15) is 0 Å². The molecule has 1 unspecified atom stereocenters. The lowest BCUT2D eigenvalue weighted by atomic mass is 10.0. The van der Waals surface area contributed by atoms with Crippen LogP contribution in [0, 0.1) is 5.92 Å². The molecule has 0 N–H and O–H groups in total. The van der Waals surface area contributed by atoms with E-state index in [0.717, 1.165) is 5.92 Å². The molecular formula is C8H15NS. The third kappa shape index (κ3) is 2.33. The zero-order valence-electron chi connectivity index (χ0n) is 6.51. The van der Waals surface area contributed by atoms with Gasteiger partial charge in [-0.1, -0.05) is 19.8 Å². The predicted molar refractivity (Wildman–Crippen MR) is 48.7 cm³/mol. The fourth-order valence-electron chi connectivity index (χ4n) is 1.52. The Balaban J connectivity index is 2.46. The van der Waals surface area contributed by atoms with E-state index in [0.29, 0.717) is 0 Å². The molecule has 0 saturated heterocycles. The van der Waals surface area contributed by atoms with E-state index in [1.54, 1.807) is 0 Å². The summed E-state index contributed by atoms with van der Waals surface area (Å²) in [6.45, 7) is 2.30. The molecule has 58 valence electrons. The van der Waals surface area contributed by atoms with Crippen molar-refractivity contribution in [3.63, 3.8) is 0 Å². The summed E-state index contributed by atoms with van der Waals surface area (Å²) in [5, 5.41) is 0. The number of thiol groups is 1. The van der Waals surface area contributed by atoms with Gasteiger partial charge in [-0.3, -0.25) is 0 Å². The van der Waals surface area contributed by atoms with Gasteiger partial charge in [0.25, 0.3) is 0 Å². The molecule has 1 fully saturated rings. The first-order valence-corrected chi connectivity index (χ1v) is 4.42. The second kappa shape index (κ2) is 4.02. The molecule has 0 aromatic carbocycles. The van der Waals surface area contributed by atoms with Crippen LogP contribution in [0.2, 0.25) is 0 Å². The fraction of sp³-hybridized carbons (Fsp3) is 0.875. The van der Waals surface area contributed by atoms with Crippen molar-refractivity contribution in [2.75, 3.05) is 0 Å². The van der Waals surface area contributed by atoms with E-state index in [9.17, 15) is 0 Å². The maximum absolute atomic E-state index is 3.97. The SMILES string of the molecule is CC1CCCC/C(=N/S)C1. The van der Waals surface area contributed by atoms with Crippen molar-refractivity contribution >= 4 is 18.5 Å². The quantitative estimate of drug-likeness (QED) is 0.410. The Morgan fingerprint density at radius 3 is 3.00 bits per heavy atom. The Hall–Kier alpha value is 0.0200. The predicted octanol–water partition coefficient (Wildman–Crippen LogP) is 2.87. The fourth-order valence-corrected chi connectivity index (χ4v) is 1.70. The average Bonchev–Trinajstić information content (AvgIpc) is 2.13. The van der Waals surface area contributed by atoms with Crippen LogP contribution >= 0.6 is 12.8 Å². The van der Waals surface area contributed by atoms with E-state index in [-0.39, 0.29) is 0 Å². The highest BCUT2D eigenvalue weighted by atomic mass is 32.1. The molecule has 2 heteroatoms. The third-order valence-electron chi connectivity index (χ3n) is 2.14. The van der Waals surface area contributed by atoms with Crippen LogP contribution in [-0.2, 0) is 0 Å². The lowest BCUT2D eigenvalue weighted by molar-refractivity contribution is 0.541. The van der Waals surface area contributed by atoms with Crippen molar-refractivity contribution in [1.29, 1.82) is 0 Å². The van der Waals surface area contributed by atoms with Gasteiger partial charge in [-0.15, -0.1) is 0 Å². The van der Waals surface area contributed by atoms with Crippen molar-refractivity contribution in [3.8, 4) is 0 Å². The summed E-state index contributed by atoms with van der Waals surface area (Å²) in [4.78, 5) is 0. The van der Waals surface area contributed by atoms with Gasteiger partial charge in [-0.25, -0.2) is 4.40 Å². The maximum Gasteiger partial charge on any atom is 0.0262 e. The second-order valence-electron chi connectivity index (χ2n) is 3.22. The van der Waals surface area contributed by atoms with Gasteiger partial charge in [-0.05, 0) is 38.0 Å². The second-order valence-corrected chi connectivity index (χ2v) is 3.42. The Kier molecular flexibility index (Phi) is 3.26. The van der Waals surface area contributed by atoms with E-state index >= 15 is 0 Å². The number of hydrogen-bond acceptors (Lipinski definition) is 2. The lowest BCUT2D eigenvalue weighted by Gasteiger charge is -2.04. The molecule has 1 rings (SSSR count). The Morgan fingerprint density at radius 1 is 1.50 bits per heavy atom. The van der Waals surface area contributed by atoms with Crippen molar-refractivity contribution < 1.29 is 0 Å². The summed E-state index contributed by atoms with van der Waals surface area (Å²) in [6.07, 6.45) is 6.39. The monoisotopic (exact) mass is 157 g/mol. The van der Waals surface area contributed by atoms with Gasteiger partial charge in [0.05, 0.1) is 0 Å². The summed E-state index contributed by atoms with van der Waals surface area (Å²) in [5.74, 6) is 0.827. The Bertz CT molecular complexity index is 131. The van der Waals surface area contributed by atoms with Crippen LogP contribution in [0.15, 0.2) is 4.40 Å². The van der Waals surface area contributed by atoms with Crippen molar-refractivity contribution in [1.82, 2.24) is 0 Å². The molecule has 0 aromatic rings. The molecule has 0 radical (unpaired) electrons. The molecule has 0 aliphatic heterocycles. The summed E-state index contributed by atoms with van der Waals surface area (Å²) in [6, 6.07) is 0. The summed E-state index contributed by atoms with van der Waals surface area (Å²) in [5.41, 5.74) is 1.30. The average molecular weight is 157 g/mol. The van der Waals surface area contributed by atoms with Gasteiger partial charge in [0, 0.05) is 5.71 Å². The third-order valence-corrected chi connectivity index (χ3v) is 2.42. The molecule has 10 heavy (non-hydrogen) atoms.